The van der Waals surface area contributed by atoms with Crippen molar-refractivity contribution in [3.63, 3.8) is 0 Å². The van der Waals surface area contributed by atoms with Crippen molar-refractivity contribution < 1.29 is 4.79 Å². The Labute approximate surface area is 95.2 Å². The van der Waals surface area contributed by atoms with Gasteiger partial charge < -0.3 is 10.3 Å². The smallest absolute Gasteiger partial charge is 0.254 e. The predicted molar refractivity (Wildman–Crippen MR) is 60.7 cm³/mol. The van der Waals surface area contributed by atoms with Crippen LogP contribution in [0.1, 0.15) is 15.9 Å². The van der Waals surface area contributed by atoms with Gasteiger partial charge in [-0.15, -0.1) is 0 Å². The molecular formula is C11H7ClN2O2. The Balaban J connectivity index is 2.54. The van der Waals surface area contributed by atoms with Crippen molar-refractivity contribution in [3.8, 4) is 0 Å². The zero-order valence-corrected chi connectivity index (χ0v) is 8.89. The lowest BCUT2D eigenvalue weighted by atomic mass is 10.1. The van der Waals surface area contributed by atoms with Crippen LogP contribution in [0.25, 0.3) is 10.9 Å². The third-order valence-corrected chi connectivity index (χ3v) is 2.96. The zero-order valence-electron chi connectivity index (χ0n) is 8.13. The minimum atomic E-state index is -0.219. The first-order valence-electron chi connectivity index (χ1n) is 4.79. The van der Waals surface area contributed by atoms with Gasteiger partial charge in [-0.05, 0) is 18.2 Å². The summed E-state index contributed by atoms with van der Waals surface area (Å²) < 4.78 is 0. The highest BCUT2D eigenvalue weighted by Gasteiger charge is 2.24. The van der Waals surface area contributed by atoms with Gasteiger partial charge in [-0.2, -0.15) is 0 Å². The standard InChI is InChI=1S/C11H7ClN2O2/c12-5-1-2-8-6(3-5)9-7(10(15)14-8)4-13-11(9)16/h1-3H,4H2,(H,13,16)(H,14,15). The van der Waals surface area contributed by atoms with Crippen molar-refractivity contribution in [3.05, 3.63) is 44.7 Å². The second-order valence-corrected chi connectivity index (χ2v) is 4.12. The molecule has 1 aliphatic heterocycles. The summed E-state index contributed by atoms with van der Waals surface area (Å²) >= 11 is 5.88. The number of hydrogen-bond donors (Lipinski definition) is 2. The van der Waals surface area contributed by atoms with Gasteiger partial charge in [0.1, 0.15) is 0 Å². The molecule has 0 unspecified atom stereocenters. The van der Waals surface area contributed by atoms with Gasteiger partial charge in [0, 0.05) is 28.0 Å². The van der Waals surface area contributed by atoms with E-state index in [0.29, 0.717) is 27.1 Å². The van der Waals surface area contributed by atoms with Crippen LogP contribution in [0.4, 0.5) is 0 Å². The van der Waals surface area contributed by atoms with E-state index >= 15 is 0 Å². The minimum Gasteiger partial charge on any atom is -0.348 e. The molecule has 16 heavy (non-hydrogen) atoms. The summed E-state index contributed by atoms with van der Waals surface area (Å²) in [4.78, 5) is 26.0. The lowest BCUT2D eigenvalue weighted by Gasteiger charge is -2.03. The average Bonchev–Trinajstić information content (AvgIpc) is 2.63. The van der Waals surface area contributed by atoms with Crippen LogP contribution in [0, 0.1) is 0 Å². The Hall–Kier alpha value is -1.81. The fourth-order valence-electron chi connectivity index (χ4n) is 1.99. The number of amides is 1. The number of benzene rings is 1. The van der Waals surface area contributed by atoms with Crippen LogP contribution in [0.5, 0.6) is 0 Å². The topological polar surface area (TPSA) is 62.0 Å². The van der Waals surface area contributed by atoms with Crippen molar-refractivity contribution in [2.24, 2.45) is 0 Å². The number of fused-ring (bicyclic) bond motifs is 3. The minimum absolute atomic E-state index is 0.214. The number of carbonyl (C=O) groups excluding carboxylic acids is 1. The van der Waals surface area contributed by atoms with Crippen LogP contribution < -0.4 is 10.9 Å². The Morgan fingerprint density at radius 2 is 2.06 bits per heavy atom. The molecule has 0 saturated carbocycles. The molecule has 1 aliphatic rings. The summed E-state index contributed by atoms with van der Waals surface area (Å²) in [7, 11) is 0. The monoisotopic (exact) mass is 234 g/mol. The quantitative estimate of drug-likeness (QED) is 0.724. The number of carbonyl (C=O) groups is 1. The van der Waals surface area contributed by atoms with E-state index in [9.17, 15) is 9.59 Å². The van der Waals surface area contributed by atoms with E-state index in [-0.39, 0.29) is 18.0 Å². The van der Waals surface area contributed by atoms with Gasteiger partial charge in [-0.25, -0.2) is 0 Å². The van der Waals surface area contributed by atoms with E-state index in [2.05, 4.69) is 10.3 Å². The number of H-pyrrole nitrogens is 1. The molecule has 0 aliphatic carbocycles. The number of aromatic nitrogens is 1. The molecule has 1 aromatic carbocycles. The first-order valence-corrected chi connectivity index (χ1v) is 5.17. The summed E-state index contributed by atoms with van der Waals surface area (Å²) in [6, 6.07) is 5.07. The first kappa shape index (κ1) is 9.42. The molecule has 0 radical (unpaired) electrons. The van der Waals surface area contributed by atoms with Gasteiger partial charge in [0.05, 0.1) is 5.56 Å². The molecule has 0 fully saturated rings. The van der Waals surface area contributed by atoms with Gasteiger partial charge in [-0.3, -0.25) is 9.59 Å². The van der Waals surface area contributed by atoms with E-state index in [1.165, 1.54) is 0 Å². The molecule has 4 nitrogen and oxygen atoms in total. The molecule has 2 aromatic rings. The third-order valence-electron chi connectivity index (χ3n) is 2.73. The second-order valence-electron chi connectivity index (χ2n) is 3.68. The molecule has 80 valence electrons. The van der Waals surface area contributed by atoms with Crippen LogP contribution in [0.3, 0.4) is 0 Å². The highest BCUT2D eigenvalue weighted by atomic mass is 35.5. The van der Waals surface area contributed by atoms with E-state index in [1.807, 2.05) is 0 Å². The highest BCUT2D eigenvalue weighted by molar-refractivity contribution is 6.31. The van der Waals surface area contributed by atoms with Crippen LogP contribution >= 0.6 is 11.6 Å². The Kier molecular flexibility index (Phi) is 1.82. The van der Waals surface area contributed by atoms with Gasteiger partial charge in [0.25, 0.3) is 11.5 Å². The Bertz CT molecular complexity index is 675. The van der Waals surface area contributed by atoms with Gasteiger partial charge >= 0.3 is 0 Å². The third kappa shape index (κ3) is 1.17. The van der Waals surface area contributed by atoms with Crippen LogP contribution in [0.2, 0.25) is 5.02 Å². The number of hydrogen-bond acceptors (Lipinski definition) is 2. The predicted octanol–water partition coefficient (Wildman–Crippen LogP) is 1.42. The molecule has 1 amide bonds. The van der Waals surface area contributed by atoms with Crippen LogP contribution in [0.15, 0.2) is 23.0 Å². The highest BCUT2D eigenvalue weighted by Crippen LogP contribution is 2.24. The Morgan fingerprint density at radius 1 is 1.25 bits per heavy atom. The maximum Gasteiger partial charge on any atom is 0.254 e. The molecule has 2 heterocycles. The maximum absolute atomic E-state index is 11.7. The van der Waals surface area contributed by atoms with E-state index in [4.69, 9.17) is 11.6 Å². The van der Waals surface area contributed by atoms with Crippen molar-refractivity contribution in [2.45, 2.75) is 6.54 Å². The number of aromatic amines is 1. The van der Waals surface area contributed by atoms with Crippen molar-refractivity contribution in [2.75, 3.05) is 0 Å². The largest absolute Gasteiger partial charge is 0.348 e. The van der Waals surface area contributed by atoms with Crippen molar-refractivity contribution in [1.29, 1.82) is 0 Å². The molecule has 1 aromatic heterocycles. The normalized spacial score (nSPS) is 13.9. The molecule has 0 saturated heterocycles. The maximum atomic E-state index is 11.7. The lowest BCUT2D eigenvalue weighted by molar-refractivity contribution is 0.0967. The summed E-state index contributed by atoms with van der Waals surface area (Å²) in [5, 5.41) is 3.87. The Morgan fingerprint density at radius 3 is 2.88 bits per heavy atom. The van der Waals surface area contributed by atoms with Crippen LogP contribution in [-0.2, 0) is 6.54 Å². The van der Waals surface area contributed by atoms with E-state index < -0.39 is 0 Å². The molecule has 0 spiro atoms. The van der Waals surface area contributed by atoms with Gasteiger partial charge in [0.2, 0.25) is 0 Å². The van der Waals surface area contributed by atoms with Gasteiger partial charge in [-0.1, -0.05) is 11.6 Å². The number of rotatable bonds is 0. The molecule has 0 bridgehead atoms. The van der Waals surface area contributed by atoms with Gasteiger partial charge in [0.15, 0.2) is 0 Å². The number of nitrogens with one attached hydrogen (secondary N) is 2. The molecule has 5 heteroatoms. The molecule has 3 rings (SSSR count). The second kappa shape index (κ2) is 3.09. The molecule has 2 N–H and O–H groups in total. The number of halogens is 1. The molecular weight excluding hydrogens is 228 g/mol. The first-order chi connectivity index (χ1) is 7.66. The molecule has 0 atom stereocenters. The average molecular weight is 235 g/mol. The zero-order chi connectivity index (χ0) is 11.3. The summed E-state index contributed by atoms with van der Waals surface area (Å²) in [5.74, 6) is -0.214. The summed E-state index contributed by atoms with van der Waals surface area (Å²) in [6.07, 6.45) is 0. The fraction of sp³-hybridized carbons (Fsp3) is 0.0909. The summed E-state index contributed by atoms with van der Waals surface area (Å²) in [5.41, 5.74) is 1.34. The van der Waals surface area contributed by atoms with Crippen LogP contribution in [-0.4, -0.2) is 10.9 Å². The van der Waals surface area contributed by atoms with Crippen molar-refractivity contribution in [1.82, 2.24) is 10.3 Å². The van der Waals surface area contributed by atoms with E-state index in [0.717, 1.165) is 0 Å². The number of pyridine rings is 1. The fourth-order valence-corrected chi connectivity index (χ4v) is 2.16. The lowest BCUT2D eigenvalue weighted by Crippen LogP contribution is -2.13. The van der Waals surface area contributed by atoms with E-state index in [1.54, 1.807) is 18.2 Å². The summed E-state index contributed by atoms with van der Waals surface area (Å²) in [6.45, 7) is 0.284. The SMILES string of the molecule is O=C1NCc2c1c1cc(Cl)ccc1[nH]c2=O. The van der Waals surface area contributed by atoms with Crippen molar-refractivity contribution >= 4 is 28.4 Å².